The summed E-state index contributed by atoms with van der Waals surface area (Å²) in [4.78, 5) is 2.10. The van der Waals surface area contributed by atoms with Crippen molar-refractivity contribution >= 4 is 15.7 Å². The Kier molecular flexibility index (Phi) is 4.38. The highest BCUT2D eigenvalue weighted by atomic mass is 32.2. The zero-order chi connectivity index (χ0) is 13.9. The fourth-order valence-corrected chi connectivity index (χ4v) is 3.14. The summed E-state index contributed by atoms with van der Waals surface area (Å²) in [6.45, 7) is 3.03. The van der Waals surface area contributed by atoms with Crippen LogP contribution in [0.25, 0.3) is 0 Å². The van der Waals surface area contributed by atoms with Crippen LogP contribution < -0.4 is 10.5 Å². The monoisotopic (exact) mass is 287 g/mol. The number of nitrogen functional groups attached to an aromatic ring is 1. The number of nitrogens with two attached hydrogens (primary N) is 1. The summed E-state index contributed by atoms with van der Waals surface area (Å²) in [5, 5.41) is 0. The van der Waals surface area contributed by atoms with Crippen LogP contribution in [0.3, 0.4) is 0 Å². The Balaban J connectivity index is 1.95. The standard InChI is InChI=1S/C12H18FN3O2S/c13-11-9-10(3-4-12(11)14)19(17,18)15-5-8-16-6-1-2-7-16/h3-4,9,15H,1-2,5-8,14H2. The topological polar surface area (TPSA) is 75.4 Å². The zero-order valence-corrected chi connectivity index (χ0v) is 11.4. The molecule has 106 valence electrons. The summed E-state index contributed by atoms with van der Waals surface area (Å²) >= 11 is 0. The van der Waals surface area contributed by atoms with E-state index < -0.39 is 15.8 Å². The largest absolute Gasteiger partial charge is 0.396 e. The van der Waals surface area contributed by atoms with E-state index >= 15 is 0 Å². The van der Waals surface area contributed by atoms with Gasteiger partial charge in [0.05, 0.1) is 10.6 Å². The zero-order valence-electron chi connectivity index (χ0n) is 10.6. The third-order valence-electron chi connectivity index (χ3n) is 3.20. The maximum absolute atomic E-state index is 13.3. The Morgan fingerprint density at radius 1 is 1.32 bits per heavy atom. The van der Waals surface area contributed by atoms with Gasteiger partial charge in [-0.15, -0.1) is 0 Å². The Bertz CT molecular complexity index is 542. The van der Waals surface area contributed by atoms with Crippen LogP contribution in [0.1, 0.15) is 12.8 Å². The van der Waals surface area contributed by atoms with Gasteiger partial charge in [0.15, 0.2) is 0 Å². The van der Waals surface area contributed by atoms with Crippen molar-refractivity contribution in [1.29, 1.82) is 0 Å². The lowest BCUT2D eigenvalue weighted by molar-refractivity contribution is 0.344. The average molecular weight is 287 g/mol. The summed E-state index contributed by atoms with van der Waals surface area (Å²) in [5.74, 6) is -0.720. The van der Waals surface area contributed by atoms with Crippen molar-refractivity contribution in [3.63, 3.8) is 0 Å². The summed E-state index contributed by atoms with van der Waals surface area (Å²) in [6, 6.07) is 3.49. The number of nitrogens with zero attached hydrogens (tertiary/aromatic N) is 1. The first-order chi connectivity index (χ1) is 8.99. The highest BCUT2D eigenvalue weighted by Crippen LogP contribution is 2.16. The van der Waals surface area contributed by atoms with E-state index in [1.54, 1.807) is 0 Å². The van der Waals surface area contributed by atoms with Crippen LogP contribution in [0.5, 0.6) is 0 Å². The average Bonchev–Trinajstić information content (AvgIpc) is 2.85. The summed E-state index contributed by atoms with van der Waals surface area (Å²) < 4.78 is 39.6. The molecule has 0 aromatic heterocycles. The molecule has 0 saturated carbocycles. The minimum Gasteiger partial charge on any atom is -0.396 e. The molecule has 0 aliphatic carbocycles. The van der Waals surface area contributed by atoms with Gasteiger partial charge in [0.1, 0.15) is 5.82 Å². The molecule has 5 nitrogen and oxygen atoms in total. The van der Waals surface area contributed by atoms with Gasteiger partial charge in [-0.3, -0.25) is 0 Å². The Hall–Kier alpha value is -1.18. The summed E-state index contributed by atoms with van der Waals surface area (Å²) in [5.41, 5.74) is 5.26. The smallest absolute Gasteiger partial charge is 0.240 e. The normalized spacial score (nSPS) is 16.9. The Morgan fingerprint density at radius 2 is 2.00 bits per heavy atom. The van der Waals surface area contributed by atoms with Crippen LogP contribution >= 0.6 is 0 Å². The molecule has 1 aromatic carbocycles. The lowest BCUT2D eigenvalue weighted by Gasteiger charge is -2.14. The first-order valence-corrected chi connectivity index (χ1v) is 7.74. The van der Waals surface area contributed by atoms with Crippen LogP contribution in [0.2, 0.25) is 0 Å². The maximum atomic E-state index is 13.3. The minimum absolute atomic E-state index is 0.0592. The lowest BCUT2D eigenvalue weighted by atomic mass is 10.3. The number of hydrogen-bond acceptors (Lipinski definition) is 4. The van der Waals surface area contributed by atoms with Gasteiger partial charge in [0.2, 0.25) is 10.0 Å². The molecule has 2 rings (SSSR count). The molecule has 1 fully saturated rings. The number of sulfonamides is 1. The number of benzene rings is 1. The highest BCUT2D eigenvalue weighted by Gasteiger charge is 2.17. The van der Waals surface area contributed by atoms with Gasteiger partial charge >= 0.3 is 0 Å². The first kappa shape index (κ1) is 14.2. The predicted octanol–water partition coefficient (Wildman–Crippen LogP) is 0.782. The Labute approximate surface area is 112 Å². The maximum Gasteiger partial charge on any atom is 0.240 e. The molecule has 1 saturated heterocycles. The van der Waals surface area contributed by atoms with E-state index in [9.17, 15) is 12.8 Å². The van der Waals surface area contributed by atoms with Crippen molar-refractivity contribution in [2.24, 2.45) is 0 Å². The van der Waals surface area contributed by atoms with Gasteiger partial charge in [-0.1, -0.05) is 0 Å². The molecule has 0 spiro atoms. The van der Waals surface area contributed by atoms with Gasteiger partial charge in [-0.05, 0) is 44.1 Å². The van der Waals surface area contributed by atoms with Gasteiger partial charge in [-0.25, -0.2) is 17.5 Å². The summed E-state index contributed by atoms with van der Waals surface area (Å²) in [7, 11) is -3.66. The van der Waals surface area contributed by atoms with E-state index in [2.05, 4.69) is 9.62 Å². The van der Waals surface area contributed by atoms with E-state index in [1.807, 2.05) is 0 Å². The fraction of sp³-hybridized carbons (Fsp3) is 0.500. The van der Waals surface area contributed by atoms with Crippen molar-refractivity contribution in [2.75, 3.05) is 31.9 Å². The molecule has 1 aliphatic heterocycles. The molecule has 0 bridgehead atoms. The predicted molar refractivity (Wildman–Crippen MR) is 71.7 cm³/mol. The SMILES string of the molecule is Nc1ccc(S(=O)(=O)NCCN2CCCC2)cc1F. The number of likely N-dealkylation sites (tertiary alicyclic amines) is 1. The van der Waals surface area contributed by atoms with E-state index in [1.165, 1.54) is 12.1 Å². The third kappa shape index (κ3) is 3.65. The Morgan fingerprint density at radius 3 is 2.63 bits per heavy atom. The molecule has 19 heavy (non-hydrogen) atoms. The van der Waals surface area contributed by atoms with E-state index in [0.29, 0.717) is 13.1 Å². The van der Waals surface area contributed by atoms with Crippen LogP contribution in [0.15, 0.2) is 23.1 Å². The minimum atomic E-state index is -3.66. The molecular weight excluding hydrogens is 269 g/mol. The molecule has 3 N–H and O–H groups in total. The van der Waals surface area contributed by atoms with Crippen LogP contribution in [0, 0.1) is 5.82 Å². The van der Waals surface area contributed by atoms with Crippen molar-refractivity contribution in [3.05, 3.63) is 24.0 Å². The molecule has 7 heteroatoms. The third-order valence-corrected chi connectivity index (χ3v) is 4.66. The van der Waals surface area contributed by atoms with Crippen molar-refractivity contribution < 1.29 is 12.8 Å². The second-order valence-corrected chi connectivity index (χ2v) is 6.40. The van der Waals surface area contributed by atoms with Gasteiger partial charge in [0.25, 0.3) is 0 Å². The van der Waals surface area contributed by atoms with Crippen molar-refractivity contribution in [1.82, 2.24) is 9.62 Å². The van der Waals surface area contributed by atoms with Gasteiger partial charge < -0.3 is 10.6 Å². The van der Waals surface area contributed by atoms with Gasteiger partial charge in [0, 0.05) is 13.1 Å². The van der Waals surface area contributed by atoms with Crippen molar-refractivity contribution in [3.8, 4) is 0 Å². The highest BCUT2D eigenvalue weighted by molar-refractivity contribution is 7.89. The number of anilines is 1. The van der Waals surface area contributed by atoms with Crippen molar-refractivity contribution in [2.45, 2.75) is 17.7 Å². The number of rotatable bonds is 5. The number of nitrogens with one attached hydrogen (secondary N) is 1. The lowest BCUT2D eigenvalue weighted by Crippen LogP contribution is -2.33. The van der Waals surface area contributed by atoms with E-state index in [4.69, 9.17) is 5.73 Å². The molecule has 0 amide bonds. The van der Waals surface area contributed by atoms with Crippen LogP contribution in [-0.4, -0.2) is 39.5 Å². The summed E-state index contributed by atoms with van der Waals surface area (Å²) in [6.07, 6.45) is 2.33. The second kappa shape index (κ2) is 5.85. The van der Waals surface area contributed by atoms with Crippen LogP contribution in [-0.2, 0) is 10.0 Å². The van der Waals surface area contributed by atoms with Gasteiger partial charge in [-0.2, -0.15) is 0 Å². The van der Waals surface area contributed by atoms with E-state index in [-0.39, 0.29) is 10.6 Å². The van der Waals surface area contributed by atoms with Crippen LogP contribution in [0.4, 0.5) is 10.1 Å². The number of halogens is 1. The second-order valence-electron chi connectivity index (χ2n) is 4.63. The molecule has 0 unspecified atom stereocenters. The fourth-order valence-electron chi connectivity index (χ4n) is 2.10. The van der Waals surface area contributed by atoms with E-state index in [0.717, 1.165) is 32.0 Å². The molecule has 0 radical (unpaired) electrons. The molecule has 0 atom stereocenters. The molecule has 1 aromatic rings. The number of hydrogen-bond donors (Lipinski definition) is 2. The molecule has 1 aliphatic rings. The quantitative estimate of drug-likeness (QED) is 0.785. The molecule has 1 heterocycles. The molecular formula is C12H18FN3O2S. The first-order valence-electron chi connectivity index (χ1n) is 6.26.